The number of nitrogens with one attached hydrogen (secondary N) is 1. The van der Waals surface area contributed by atoms with Gasteiger partial charge in [-0.05, 0) is 19.1 Å². The highest BCUT2D eigenvalue weighted by Gasteiger charge is 2.61. The highest BCUT2D eigenvalue weighted by molar-refractivity contribution is 5.83. The molecule has 2 rings (SSSR count). The second kappa shape index (κ2) is 3.56. The Morgan fingerprint density at radius 1 is 1.50 bits per heavy atom. The molecule has 1 aliphatic rings. The molecule has 0 aliphatic carbocycles. The predicted octanol–water partition coefficient (Wildman–Crippen LogP) is -1.03. The third-order valence-electron chi connectivity index (χ3n) is 3.35. The molecular weight excluding hydrogens is 240 g/mol. The standard InChI is InChI=1S/C11H14N2O5/c1-10(9(16)17)8(15)11(2,18)13-5-3-4-6(14)7(13)12-10/h3-5,8,15,18H,1-2H3,(H2,14,16,17)/p+1. The van der Waals surface area contributed by atoms with Crippen molar-refractivity contribution in [3.8, 4) is 5.75 Å². The molecule has 7 heteroatoms. The average Bonchev–Trinajstić information content (AvgIpc) is 2.28. The molecular formula is C11H15N2O5+. The average molecular weight is 255 g/mol. The van der Waals surface area contributed by atoms with Gasteiger partial charge in [0.2, 0.25) is 17.0 Å². The van der Waals surface area contributed by atoms with E-state index < -0.39 is 23.3 Å². The van der Waals surface area contributed by atoms with Crippen molar-refractivity contribution in [3.63, 3.8) is 0 Å². The molecule has 1 aromatic rings. The van der Waals surface area contributed by atoms with Crippen LogP contribution < -0.4 is 9.88 Å². The fourth-order valence-electron chi connectivity index (χ4n) is 2.16. The summed E-state index contributed by atoms with van der Waals surface area (Å²) in [5, 5.41) is 41.8. The van der Waals surface area contributed by atoms with E-state index in [4.69, 9.17) is 0 Å². The lowest BCUT2D eigenvalue weighted by molar-refractivity contribution is -0.806. The highest BCUT2D eigenvalue weighted by atomic mass is 16.4. The van der Waals surface area contributed by atoms with Gasteiger partial charge in [-0.2, -0.15) is 4.57 Å². The number of anilines is 1. The van der Waals surface area contributed by atoms with E-state index in [9.17, 15) is 25.2 Å². The monoisotopic (exact) mass is 255 g/mol. The molecule has 1 aromatic heterocycles. The Morgan fingerprint density at radius 2 is 2.11 bits per heavy atom. The van der Waals surface area contributed by atoms with E-state index in [1.54, 1.807) is 0 Å². The lowest BCUT2D eigenvalue weighted by Gasteiger charge is -2.40. The Kier molecular flexibility index (Phi) is 2.49. The molecule has 5 N–H and O–H groups in total. The SMILES string of the molecule is CC1(C(=O)O)Nc2c(O)ccc[n+]2C(C)(O)C1O. The van der Waals surface area contributed by atoms with Crippen LogP contribution in [-0.2, 0) is 10.5 Å². The summed E-state index contributed by atoms with van der Waals surface area (Å²) in [6.45, 7) is 2.52. The van der Waals surface area contributed by atoms with Gasteiger partial charge in [0.1, 0.15) is 0 Å². The second-order valence-electron chi connectivity index (χ2n) is 4.74. The molecule has 7 nitrogen and oxygen atoms in total. The summed E-state index contributed by atoms with van der Waals surface area (Å²) in [5.41, 5.74) is -3.66. The fourth-order valence-corrected chi connectivity index (χ4v) is 2.16. The van der Waals surface area contributed by atoms with Gasteiger partial charge < -0.3 is 20.4 Å². The van der Waals surface area contributed by atoms with E-state index in [-0.39, 0.29) is 11.6 Å². The maximum atomic E-state index is 11.3. The molecule has 0 radical (unpaired) electrons. The first kappa shape index (κ1) is 12.6. The van der Waals surface area contributed by atoms with Crippen LogP contribution >= 0.6 is 0 Å². The van der Waals surface area contributed by atoms with E-state index in [2.05, 4.69) is 5.32 Å². The number of aromatic nitrogens is 1. The quantitative estimate of drug-likeness (QED) is 0.410. The van der Waals surface area contributed by atoms with Crippen LogP contribution in [0.2, 0.25) is 0 Å². The minimum atomic E-state index is -1.85. The molecule has 98 valence electrons. The van der Waals surface area contributed by atoms with Crippen LogP contribution in [0.1, 0.15) is 13.8 Å². The first-order chi connectivity index (χ1) is 8.21. The number of fused-ring (bicyclic) bond motifs is 1. The number of hydrogen-bond acceptors (Lipinski definition) is 5. The van der Waals surface area contributed by atoms with E-state index in [0.717, 1.165) is 0 Å². The summed E-state index contributed by atoms with van der Waals surface area (Å²) in [6.07, 6.45) is -0.158. The van der Waals surface area contributed by atoms with Crippen molar-refractivity contribution in [2.24, 2.45) is 0 Å². The maximum Gasteiger partial charge on any atom is 0.354 e. The molecule has 18 heavy (non-hydrogen) atoms. The van der Waals surface area contributed by atoms with Gasteiger partial charge in [0.25, 0.3) is 0 Å². The number of pyridine rings is 1. The van der Waals surface area contributed by atoms with Crippen LogP contribution in [0.5, 0.6) is 5.75 Å². The molecule has 0 bridgehead atoms. The minimum Gasteiger partial charge on any atom is -0.501 e. The lowest BCUT2D eigenvalue weighted by Crippen LogP contribution is -2.75. The van der Waals surface area contributed by atoms with Gasteiger partial charge in [-0.1, -0.05) is 0 Å². The van der Waals surface area contributed by atoms with E-state index in [1.165, 1.54) is 36.7 Å². The Bertz CT molecular complexity index is 516. The Morgan fingerprint density at radius 3 is 2.67 bits per heavy atom. The molecule has 2 heterocycles. The summed E-state index contributed by atoms with van der Waals surface area (Å²) in [7, 11) is 0. The number of aromatic hydroxyl groups is 1. The van der Waals surface area contributed by atoms with Gasteiger partial charge in [0.05, 0.1) is 6.20 Å². The van der Waals surface area contributed by atoms with Crippen LogP contribution in [0.25, 0.3) is 0 Å². The summed E-state index contributed by atoms with van der Waals surface area (Å²) in [6, 6.07) is 2.83. The van der Waals surface area contributed by atoms with Crippen molar-refractivity contribution in [2.75, 3.05) is 5.32 Å². The topological polar surface area (TPSA) is 114 Å². The molecule has 0 saturated carbocycles. The van der Waals surface area contributed by atoms with Gasteiger partial charge in [0, 0.05) is 6.92 Å². The van der Waals surface area contributed by atoms with Crippen molar-refractivity contribution in [3.05, 3.63) is 18.3 Å². The Balaban J connectivity index is 2.68. The largest absolute Gasteiger partial charge is 0.501 e. The first-order valence-electron chi connectivity index (χ1n) is 5.37. The number of hydrogen-bond donors (Lipinski definition) is 5. The fraction of sp³-hybridized carbons (Fsp3) is 0.455. The molecule has 0 fully saturated rings. The highest BCUT2D eigenvalue weighted by Crippen LogP contribution is 2.34. The van der Waals surface area contributed by atoms with Gasteiger partial charge in [-0.3, -0.25) is 5.32 Å². The van der Waals surface area contributed by atoms with Gasteiger partial charge in [0.15, 0.2) is 6.10 Å². The smallest absolute Gasteiger partial charge is 0.354 e. The molecule has 0 saturated heterocycles. The summed E-state index contributed by atoms with van der Waals surface area (Å²) in [5.74, 6) is -1.50. The summed E-state index contributed by atoms with van der Waals surface area (Å²) >= 11 is 0. The first-order valence-corrected chi connectivity index (χ1v) is 5.37. The number of carboxylic acid groups (broad SMARTS) is 1. The number of aliphatic hydroxyl groups excluding tert-OH is 1. The van der Waals surface area contributed by atoms with Crippen molar-refractivity contribution >= 4 is 11.8 Å². The van der Waals surface area contributed by atoms with E-state index >= 15 is 0 Å². The molecule has 0 spiro atoms. The summed E-state index contributed by atoms with van der Waals surface area (Å²) in [4.78, 5) is 11.3. The van der Waals surface area contributed by atoms with Crippen LogP contribution in [0.4, 0.5) is 5.82 Å². The van der Waals surface area contributed by atoms with Crippen LogP contribution in [0.15, 0.2) is 18.3 Å². The number of rotatable bonds is 1. The third-order valence-corrected chi connectivity index (χ3v) is 3.35. The Labute approximate surface area is 103 Å². The number of aliphatic carboxylic acids is 1. The van der Waals surface area contributed by atoms with Crippen molar-refractivity contribution in [1.29, 1.82) is 0 Å². The molecule has 1 aliphatic heterocycles. The zero-order valence-electron chi connectivity index (χ0n) is 9.95. The van der Waals surface area contributed by atoms with Crippen LogP contribution in [0.3, 0.4) is 0 Å². The number of aliphatic hydroxyl groups is 2. The van der Waals surface area contributed by atoms with Crippen molar-refractivity contribution in [2.45, 2.75) is 31.2 Å². The van der Waals surface area contributed by atoms with E-state index in [0.29, 0.717) is 0 Å². The molecule has 3 unspecified atom stereocenters. The van der Waals surface area contributed by atoms with Crippen LogP contribution in [-0.4, -0.2) is 38.0 Å². The number of nitrogens with zero attached hydrogens (tertiary/aromatic N) is 1. The van der Waals surface area contributed by atoms with Crippen molar-refractivity contribution in [1.82, 2.24) is 0 Å². The second-order valence-corrected chi connectivity index (χ2v) is 4.74. The normalized spacial score (nSPS) is 34.6. The molecule has 0 aromatic carbocycles. The van der Waals surface area contributed by atoms with Crippen molar-refractivity contribution < 1.29 is 29.8 Å². The van der Waals surface area contributed by atoms with Gasteiger partial charge in [-0.15, -0.1) is 0 Å². The zero-order valence-corrected chi connectivity index (χ0v) is 9.95. The number of carbonyl (C=O) groups is 1. The zero-order chi connectivity index (χ0) is 13.7. The lowest BCUT2D eigenvalue weighted by atomic mass is 9.85. The number of carboxylic acids is 1. The summed E-state index contributed by atoms with van der Waals surface area (Å²) < 4.78 is 1.19. The Hall–Kier alpha value is -1.86. The molecule has 0 amide bonds. The minimum absolute atomic E-state index is 0.0395. The predicted molar refractivity (Wildman–Crippen MR) is 59.8 cm³/mol. The third kappa shape index (κ3) is 1.44. The van der Waals surface area contributed by atoms with Gasteiger partial charge >= 0.3 is 11.8 Å². The molecule has 3 atom stereocenters. The van der Waals surface area contributed by atoms with Crippen LogP contribution in [0, 0.1) is 0 Å². The van der Waals surface area contributed by atoms with Gasteiger partial charge in [-0.25, -0.2) is 4.79 Å². The maximum absolute atomic E-state index is 11.3. The van der Waals surface area contributed by atoms with E-state index in [1.807, 2.05) is 0 Å².